The molecule has 2 unspecified atom stereocenters. The van der Waals surface area contributed by atoms with Crippen LogP contribution in [0.3, 0.4) is 0 Å². The molecule has 0 amide bonds. The maximum Gasteiger partial charge on any atom is 0.179 e. The Hall–Kier alpha value is -1.05. The maximum atomic E-state index is 12.2. The first-order chi connectivity index (χ1) is 9.24. The van der Waals surface area contributed by atoms with Crippen molar-refractivity contribution in [1.29, 1.82) is 5.41 Å². The van der Waals surface area contributed by atoms with E-state index in [-0.39, 0.29) is 21.7 Å². The minimum Gasteiger partial charge on any atom is -0.392 e. The lowest BCUT2D eigenvalue weighted by Crippen LogP contribution is -2.18. The van der Waals surface area contributed by atoms with Gasteiger partial charge in [-0.3, -0.25) is 5.41 Å². The number of nitrogens with one attached hydrogen (secondary N) is 1. The summed E-state index contributed by atoms with van der Waals surface area (Å²) < 4.78 is 24.3. The first kappa shape index (κ1) is 17.0. The fraction of sp³-hybridized carbons (Fsp3) is 0.462. The van der Waals surface area contributed by atoms with E-state index in [1.807, 2.05) is 6.92 Å². The summed E-state index contributed by atoms with van der Waals surface area (Å²) in [5.74, 6) is 0.258. The quantitative estimate of drug-likeness (QED) is 0.519. The topological polar surface area (TPSA) is 104 Å². The lowest BCUT2D eigenvalue weighted by Gasteiger charge is -2.14. The van der Waals surface area contributed by atoms with Gasteiger partial charge in [0.2, 0.25) is 0 Å². The number of amidine groups is 1. The summed E-state index contributed by atoms with van der Waals surface area (Å²) in [5, 5.41) is 16.7. The number of rotatable bonds is 7. The summed E-state index contributed by atoms with van der Waals surface area (Å²) in [4.78, 5) is 0.176. The number of sulfone groups is 1. The summed E-state index contributed by atoms with van der Waals surface area (Å²) in [5.41, 5.74) is 5.75. The molecule has 1 aromatic rings. The molecule has 0 saturated heterocycles. The van der Waals surface area contributed by atoms with E-state index in [1.54, 1.807) is 19.1 Å². The van der Waals surface area contributed by atoms with Crippen LogP contribution in [0.15, 0.2) is 29.2 Å². The van der Waals surface area contributed by atoms with E-state index in [0.29, 0.717) is 11.3 Å². The molecule has 0 aliphatic carbocycles. The Morgan fingerprint density at radius 2 is 2.10 bits per heavy atom. The molecule has 0 aromatic heterocycles. The van der Waals surface area contributed by atoms with Crippen molar-refractivity contribution in [1.82, 2.24) is 0 Å². The largest absolute Gasteiger partial charge is 0.392 e. The summed E-state index contributed by atoms with van der Waals surface area (Å²) in [6.07, 6.45) is -0.469. The lowest BCUT2D eigenvalue weighted by atomic mass is 10.2. The number of nitrogen functional groups attached to an aromatic ring is 1. The van der Waals surface area contributed by atoms with E-state index in [4.69, 9.17) is 11.1 Å². The predicted octanol–water partition coefficient (Wildman–Crippen LogP) is 1.25. The average Bonchev–Trinajstić information content (AvgIpc) is 2.38. The highest BCUT2D eigenvalue weighted by Crippen LogP contribution is 2.18. The molecule has 0 aliphatic rings. The molecule has 0 heterocycles. The Morgan fingerprint density at radius 1 is 1.45 bits per heavy atom. The van der Waals surface area contributed by atoms with Crippen LogP contribution in [0.2, 0.25) is 0 Å². The molecule has 5 nitrogen and oxygen atoms in total. The SMILES string of the molecule is CC(O)C(C)SCCS(=O)(=O)c1cccc(C(=N)N)c1. The second kappa shape index (κ2) is 7.10. The fourth-order valence-corrected chi connectivity index (χ4v) is 4.20. The normalized spacial score (nSPS) is 14.8. The summed E-state index contributed by atoms with van der Waals surface area (Å²) >= 11 is 1.42. The smallest absolute Gasteiger partial charge is 0.179 e. The minimum absolute atomic E-state index is 0.00388. The first-order valence-electron chi connectivity index (χ1n) is 6.21. The summed E-state index contributed by atoms with van der Waals surface area (Å²) in [7, 11) is -3.39. The van der Waals surface area contributed by atoms with Gasteiger partial charge in [0.05, 0.1) is 16.8 Å². The van der Waals surface area contributed by atoms with Gasteiger partial charge in [0, 0.05) is 16.6 Å². The molecule has 4 N–H and O–H groups in total. The van der Waals surface area contributed by atoms with Gasteiger partial charge in [-0.1, -0.05) is 19.1 Å². The predicted molar refractivity (Wildman–Crippen MR) is 83.1 cm³/mol. The third kappa shape index (κ3) is 4.81. The van der Waals surface area contributed by atoms with Gasteiger partial charge in [-0.15, -0.1) is 0 Å². The molecular weight excluding hydrogens is 296 g/mol. The molecule has 112 valence electrons. The van der Waals surface area contributed by atoms with Gasteiger partial charge in [-0.25, -0.2) is 8.42 Å². The number of aliphatic hydroxyl groups is 1. The van der Waals surface area contributed by atoms with Gasteiger partial charge in [-0.05, 0) is 19.1 Å². The highest BCUT2D eigenvalue weighted by Gasteiger charge is 2.17. The Morgan fingerprint density at radius 3 is 2.65 bits per heavy atom. The standard InChI is InChI=1S/C13H20N2O3S2/c1-9(16)10(2)19-6-7-20(17,18)12-5-3-4-11(8-12)13(14)15/h3-5,8-10,16H,6-7H2,1-2H3,(H3,14,15). The van der Waals surface area contributed by atoms with Crippen molar-refractivity contribution in [3.63, 3.8) is 0 Å². The van der Waals surface area contributed by atoms with E-state index >= 15 is 0 Å². The second-order valence-electron chi connectivity index (χ2n) is 4.58. The second-order valence-corrected chi connectivity index (χ2v) is 8.17. The van der Waals surface area contributed by atoms with Crippen molar-refractivity contribution in [2.75, 3.05) is 11.5 Å². The third-order valence-corrected chi connectivity index (χ3v) is 6.25. The van der Waals surface area contributed by atoms with E-state index in [9.17, 15) is 13.5 Å². The molecule has 0 bridgehead atoms. The Kier molecular flexibility index (Phi) is 6.04. The number of thioether (sulfide) groups is 1. The molecule has 20 heavy (non-hydrogen) atoms. The van der Waals surface area contributed by atoms with E-state index in [2.05, 4.69) is 0 Å². The minimum atomic E-state index is -3.39. The third-order valence-electron chi connectivity index (χ3n) is 2.92. The van der Waals surface area contributed by atoms with Crippen molar-refractivity contribution in [3.8, 4) is 0 Å². The molecule has 0 radical (unpaired) electrons. The number of nitrogens with two attached hydrogens (primary N) is 1. The molecule has 0 fully saturated rings. The Balaban J connectivity index is 2.74. The molecule has 1 rings (SSSR count). The van der Waals surface area contributed by atoms with Crippen LogP contribution in [0, 0.1) is 5.41 Å². The average molecular weight is 316 g/mol. The molecule has 0 aliphatic heterocycles. The van der Waals surface area contributed by atoms with Crippen LogP contribution in [0.5, 0.6) is 0 Å². The van der Waals surface area contributed by atoms with Crippen LogP contribution in [0.25, 0.3) is 0 Å². The summed E-state index contributed by atoms with van der Waals surface area (Å²) in [6, 6.07) is 6.10. The van der Waals surface area contributed by atoms with Crippen LogP contribution >= 0.6 is 11.8 Å². The molecule has 1 aromatic carbocycles. The van der Waals surface area contributed by atoms with E-state index < -0.39 is 15.9 Å². The monoisotopic (exact) mass is 316 g/mol. The molecule has 0 spiro atoms. The molecule has 2 atom stereocenters. The van der Waals surface area contributed by atoms with Gasteiger partial charge in [0.15, 0.2) is 9.84 Å². The Labute approximate surface area is 124 Å². The van der Waals surface area contributed by atoms with Crippen molar-refractivity contribution < 1.29 is 13.5 Å². The van der Waals surface area contributed by atoms with Crippen molar-refractivity contribution in [3.05, 3.63) is 29.8 Å². The fourth-order valence-electron chi connectivity index (χ4n) is 1.46. The van der Waals surface area contributed by atoms with Gasteiger partial charge in [0.1, 0.15) is 5.84 Å². The summed E-state index contributed by atoms with van der Waals surface area (Å²) in [6.45, 7) is 3.54. The maximum absolute atomic E-state index is 12.2. The van der Waals surface area contributed by atoms with Crippen molar-refractivity contribution in [2.24, 2.45) is 5.73 Å². The number of benzene rings is 1. The Bertz CT molecular complexity index is 571. The van der Waals surface area contributed by atoms with E-state index in [0.717, 1.165) is 0 Å². The van der Waals surface area contributed by atoms with Crippen LogP contribution in [0.1, 0.15) is 19.4 Å². The number of hydrogen-bond acceptors (Lipinski definition) is 5. The highest BCUT2D eigenvalue weighted by molar-refractivity contribution is 8.01. The first-order valence-corrected chi connectivity index (χ1v) is 8.91. The van der Waals surface area contributed by atoms with Crippen LogP contribution in [0.4, 0.5) is 0 Å². The number of hydrogen-bond donors (Lipinski definition) is 3. The zero-order chi connectivity index (χ0) is 15.3. The molecule has 0 saturated carbocycles. The van der Waals surface area contributed by atoms with Gasteiger partial charge < -0.3 is 10.8 Å². The van der Waals surface area contributed by atoms with Crippen LogP contribution in [-0.4, -0.2) is 42.2 Å². The highest BCUT2D eigenvalue weighted by atomic mass is 32.2. The van der Waals surface area contributed by atoms with Crippen LogP contribution < -0.4 is 5.73 Å². The van der Waals surface area contributed by atoms with E-state index in [1.165, 1.54) is 23.9 Å². The van der Waals surface area contributed by atoms with Gasteiger partial charge >= 0.3 is 0 Å². The number of aliphatic hydroxyl groups excluding tert-OH is 1. The zero-order valence-corrected chi connectivity index (χ0v) is 13.2. The van der Waals surface area contributed by atoms with Crippen LogP contribution in [-0.2, 0) is 9.84 Å². The molecular formula is C13H20N2O3S2. The van der Waals surface area contributed by atoms with Gasteiger partial charge in [-0.2, -0.15) is 11.8 Å². The lowest BCUT2D eigenvalue weighted by molar-refractivity contribution is 0.196. The van der Waals surface area contributed by atoms with Crippen molar-refractivity contribution in [2.45, 2.75) is 30.1 Å². The van der Waals surface area contributed by atoms with Gasteiger partial charge in [0.25, 0.3) is 0 Å². The molecule has 7 heteroatoms. The van der Waals surface area contributed by atoms with Crippen molar-refractivity contribution >= 4 is 27.4 Å². The zero-order valence-electron chi connectivity index (χ0n) is 11.5.